The van der Waals surface area contributed by atoms with E-state index in [2.05, 4.69) is 5.10 Å². The molecule has 132 valence electrons. The van der Waals surface area contributed by atoms with Crippen molar-refractivity contribution in [1.82, 2.24) is 5.01 Å². The first-order valence-electron chi connectivity index (χ1n) is 7.26. The van der Waals surface area contributed by atoms with Gasteiger partial charge in [0.25, 0.3) is 11.6 Å². The summed E-state index contributed by atoms with van der Waals surface area (Å²) in [5, 5.41) is 14.1. The molecule has 1 aromatic rings. The molecule has 1 atom stereocenters. The monoisotopic (exact) mass is 344 g/mol. The van der Waals surface area contributed by atoms with Gasteiger partial charge in [-0.3, -0.25) is 4.79 Å². The third kappa shape index (κ3) is 3.10. The summed E-state index contributed by atoms with van der Waals surface area (Å²) in [5.41, 5.74) is -4.00. The predicted molar refractivity (Wildman–Crippen MR) is 81.7 cm³/mol. The van der Waals surface area contributed by atoms with Gasteiger partial charge in [0.2, 0.25) is 0 Å². The van der Waals surface area contributed by atoms with Gasteiger partial charge in [0.05, 0.1) is 7.11 Å². The van der Waals surface area contributed by atoms with Crippen molar-refractivity contribution in [3.8, 4) is 5.75 Å². The summed E-state index contributed by atoms with van der Waals surface area (Å²) in [6.07, 6.45) is -5.81. The van der Waals surface area contributed by atoms with Crippen LogP contribution in [-0.4, -0.2) is 40.7 Å². The van der Waals surface area contributed by atoms with Gasteiger partial charge < -0.3 is 9.84 Å². The number of carbonyl (C=O) groups is 1. The van der Waals surface area contributed by atoms with E-state index in [1.807, 2.05) is 0 Å². The average Bonchev–Trinajstić information content (AvgIpc) is 2.86. The van der Waals surface area contributed by atoms with E-state index in [9.17, 15) is 23.1 Å². The van der Waals surface area contributed by atoms with Crippen LogP contribution in [0.1, 0.15) is 37.6 Å². The first kappa shape index (κ1) is 18.3. The SMILES string of the molecule is COc1ccc(C(=O)N2N=C(C(C)(C)C)C[C@@]2(O)C(F)(F)F)cc1. The number of hydrogen-bond acceptors (Lipinski definition) is 4. The molecule has 0 fully saturated rings. The first-order valence-corrected chi connectivity index (χ1v) is 7.26. The molecule has 2 rings (SSSR count). The minimum atomic E-state index is -5.04. The zero-order chi connectivity index (χ0) is 18.3. The number of benzene rings is 1. The van der Waals surface area contributed by atoms with Crippen LogP contribution in [0.2, 0.25) is 0 Å². The third-order valence-electron chi connectivity index (χ3n) is 3.83. The molecule has 1 N–H and O–H groups in total. The quantitative estimate of drug-likeness (QED) is 0.896. The average molecular weight is 344 g/mol. The Hall–Kier alpha value is -2.09. The normalized spacial score (nSPS) is 21.7. The smallest absolute Gasteiger partial charge is 0.438 e. The maximum Gasteiger partial charge on any atom is 0.438 e. The van der Waals surface area contributed by atoms with Crippen LogP contribution in [0.25, 0.3) is 0 Å². The van der Waals surface area contributed by atoms with E-state index in [4.69, 9.17) is 4.74 Å². The maximum absolute atomic E-state index is 13.4. The molecule has 0 radical (unpaired) electrons. The fraction of sp³-hybridized carbons (Fsp3) is 0.500. The van der Waals surface area contributed by atoms with Crippen LogP contribution in [0.3, 0.4) is 0 Å². The van der Waals surface area contributed by atoms with Gasteiger partial charge >= 0.3 is 6.18 Å². The van der Waals surface area contributed by atoms with Crippen molar-refractivity contribution in [3.05, 3.63) is 29.8 Å². The Morgan fingerprint density at radius 1 is 1.25 bits per heavy atom. The summed E-state index contributed by atoms with van der Waals surface area (Å²) in [6, 6.07) is 5.54. The van der Waals surface area contributed by atoms with Crippen molar-refractivity contribution in [3.63, 3.8) is 0 Å². The van der Waals surface area contributed by atoms with E-state index in [1.165, 1.54) is 31.4 Å². The molecule has 0 saturated carbocycles. The van der Waals surface area contributed by atoms with Crippen LogP contribution < -0.4 is 4.74 Å². The Morgan fingerprint density at radius 2 is 1.79 bits per heavy atom. The van der Waals surface area contributed by atoms with Crippen molar-refractivity contribution >= 4 is 11.6 Å². The van der Waals surface area contributed by atoms with E-state index in [0.717, 1.165) is 0 Å². The van der Waals surface area contributed by atoms with Crippen LogP contribution in [0.15, 0.2) is 29.4 Å². The lowest BCUT2D eigenvalue weighted by Crippen LogP contribution is -2.56. The summed E-state index contributed by atoms with van der Waals surface area (Å²) in [5.74, 6) is -0.574. The summed E-state index contributed by atoms with van der Waals surface area (Å²) < 4.78 is 45.2. The molecule has 5 nitrogen and oxygen atoms in total. The Kier molecular flexibility index (Phi) is 4.39. The van der Waals surface area contributed by atoms with Crippen LogP contribution in [0, 0.1) is 5.41 Å². The molecule has 0 aromatic heterocycles. The summed E-state index contributed by atoms with van der Waals surface area (Å²) >= 11 is 0. The van der Waals surface area contributed by atoms with Crippen LogP contribution >= 0.6 is 0 Å². The molecule has 24 heavy (non-hydrogen) atoms. The molecule has 0 saturated heterocycles. The number of aliphatic hydroxyl groups is 1. The number of hydrazone groups is 1. The van der Waals surface area contributed by atoms with Crippen LogP contribution in [-0.2, 0) is 0 Å². The van der Waals surface area contributed by atoms with Gasteiger partial charge in [-0.15, -0.1) is 0 Å². The lowest BCUT2D eigenvalue weighted by atomic mass is 9.86. The van der Waals surface area contributed by atoms with E-state index in [1.54, 1.807) is 20.8 Å². The number of amides is 1. The Bertz CT molecular complexity index is 663. The largest absolute Gasteiger partial charge is 0.497 e. The van der Waals surface area contributed by atoms with Crippen molar-refractivity contribution in [1.29, 1.82) is 0 Å². The number of methoxy groups -OCH3 is 1. The zero-order valence-electron chi connectivity index (χ0n) is 13.8. The van der Waals surface area contributed by atoms with Crippen molar-refractivity contribution in [2.45, 2.75) is 39.1 Å². The fourth-order valence-corrected chi connectivity index (χ4v) is 2.25. The van der Waals surface area contributed by atoms with Gasteiger partial charge in [-0.25, -0.2) is 0 Å². The summed E-state index contributed by atoms with van der Waals surface area (Å²) in [6.45, 7) is 5.01. The number of halogens is 3. The number of ether oxygens (including phenoxy) is 1. The second-order valence-corrected chi connectivity index (χ2v) is 6.63. The van der Waals surface area contributed by atoms with E-state index in [0.29, 0.717) is 5.75 Å². The number of nitrogens with zero attached hydrogens (tertiary/aromatic N) is 2. The highest BCUT2D eigenvalue weighted by Gasteiger charge is 2.64. The number of rotatable bonds is 2. The number of alkyl halides is 3. The molecule has 0 bridgehead atoms. The van der Waals surface area contributed by atoms with Gasteiger partial charge in [-0.05, 0) is 24.3 Å². The molecule has 1 amide bonds. The molecular formula is C16H19F3N2O3. The molecule has 1 aliphatic heterocycles. The summed E-state index contributed by atoms with van der Waals surface area (Å²) in [7, 11) is 1.43. The Labute approximate surface area is 137 Å². The van der Waals surface area contributed by atoms with Gasteiger partial charge in [-0.1, -0.05) is 20.8 Å². The van der Waals surface area contributed by atoms with E-state index < -0.39 is 29.6 Å². The van der Waals surface area contributed by atoms with Gasteiger partial charge in [0.1, 0.15) is 5.75 Å². The molecule has 1 aromatic carbocycles. The topological polar surface area (TPSA) is 62.1 Å². The highest BCUT2D eigenvalue weighted by Crippen LogP contribution is 2.43. The highest BCUT2D eigenvalue weighted by atomic mass is 19.4. The molecule has 1 heterocycles. The maximum atomic E-state index is 13.4. The van der Waals surface area contributed by atoms with Gasteiger partial charge in [0.15, 0.2) is 0 Å². The van der Waals surface area contributed by atoms with Crippen LogP contribution in [0.4, 0.5) is 13.2 Å². The van der Waals surface area contributed by atoms with Crippen molar-refractivity contribution < 1.29 is 27.8 Å². The molecule has 8 heteroatoms. The van der Waals surface area contributed by atoms with E-state index >= 15 is 0 Å². The zero-order valence-corrected chi connectivity index (χ0v) is 13.8. The number of carbonyl (C=O) groups excluding carboxylic acids is 1. The van der Waals surface area contributed by atoms with Crippen molar-refractivity contribution in [2.24, 2.45) is 10.5 Å². The molecule has 0 aliphatic carbocycles. The van der Waals surface area contributed by atoms with E-state index in [-0.39, 0.29) is 16.3 Å². The standard InChI is InChI=1S/C16H19F3N2O3/c1-14(2,3)12-9-15(23,16(17,18)19)21(20-12)13(22)10-5-7-11(24-4)8-6-10/h5-8,23H,9H2,1-4H3/t15-/m1/s1. The number of hydrogen-bond donors (Lipinski definition) is 1. The molecule has 0 spiro atoms. The lowest BCUT2D eigenvalue weighted by molar-refractivity contribution is -0.297. The second-order valence-electron chi connectivity index (χ2n) is 6.63. The Balaban J connectivity index is 2.45. The fourth-order valence-electron chi connectivity index (χ4n) is 2.25. The lowest BCUT2D eigenvalue weighted by Gasteiger charge is -2.32. The van der Waals surface area contributed by atoms with Crippen LogP contribution in [0.5, 0.6) is 5.75 Å². The highest BCUT2D eigenvalue weighted by molar-refractivity contribution is 5.99. The molecular weight excluding hydrogens is 325 g/mol. The predicted octanol–water partition coefficient (Wildman–Crippen LogP) is 3.19. The molecule has 1 aliphatic rings. The van der Waals surface area contributed by atoms with Gasteiger partial charge in [-0.2, -0.15) is 23.3 Å². The third-order valence-corrected chi connectivity index (χ3v) is 3.83. The first-order chi connectivity index (χ1) is 10.9. The Morgan fingerprint density at radius 3 is 2.21 bits per heavy atom. The van der Waals surface area contributed by atoms with Crippen molar-refractivity contribution in [2.75, 3.05) is 7.11 Å². The molecule has 0 unspecified atom stereocenters. The summed E-state index contributed by atoms with van der Waals surface area (Å²) in [4.78, 5) is 12.5. The minimum Gasteiger partial charge on any atom is -0.497 e. The van der Waals surface area contributed by atoms with Gasteiger partial charge in [0, 0.05) is 23.1 Å². The minimum absolute atomic E-state index is 0.0302. The second kappa shape index (κ2) is 5.77.